The van der Waals surface area contributed by atoms with Crippen LogP contribution in [0.4, 0.5) is 11.4 Å². The zero-order valence-electron chi connectivity index (χ0n) is 10.1. The quantitative estimate of drug-likeness (QED) is 0.751. The summed E-state index contributed by atoms with van der Waals surface area (Å²) in [4.78, 5) is 16.8. The van der Waals surface area contributed by atoms with Gasteiger partial charge in [0.1, 0.15) is 0 Å². The molecule has 1 heterocycles. The molecule has 90 valence electrons. The SMILES string of the molecule is C=C(SC)C(=O)N1CCN(C)c2ccccc21. The number of thioether (sulfide) groups is 1. The van der Waals surface area contributed by atoms with E-state index in [-0.39, 0.29) is 5.91 Å². The number of benzene rings is 1. The van der Waals surface area contributed by atoms with Gasteiger partial charge in [0.2, 0.25) is 0 Å². The van der Waals surface area contributed by atoms with E-state index in [1.165, 1.54) is 11.8 Å². The number of hydrogen-bond donors (Lipinski definition) is 0. The number of likely N-dealkylation sites (N-methyl/N-ethyl adjacent to an activating group) is 1. The molecule has 0 saturated heterocycles. The summed E-state index contributed by atoms with van der Waals surface area (Å²) >= 11 is 1.40. The maximum absolute atomic E-state index is 12.2. The normalized spacial score (nSPS) is 14.5. The average Bonchev–Trinajstić information content (AvgIpc) is 2.38. The monoisotopic (exact) mass is 248 g/mol. The molecule has 2 rings (SSSR count). The Hall–Kier alpha value is -1.42. The first-order valence-electron chi connectivity index (χ1n) is 5.50. The van der Waals surface area contributed by atoms with Gasteiger partial charge >= 0.3 is 0 Å². The van der Waals surface area contributed by atoms with Crippen molar-refractivity contribution in [3.8, 4) is 0 Å². The van der Waals surface area contributed by atoms with Crippen LogP contribution < -0.4 is 9.80 Å². The third-order valence-corrected chi connectivity index (χ3v) is 3.64. The first-order valence-corrected chi connectivity index (χ1v) is 6.72. The van der Waals surface area contributed by atoms with Gasteiger partial charge in [0, 0.05) is 20.1 Å². The van der Waals surface area contributed by atoms with Crippen LogP contribution in [0, 0.1) is 0 Å². The number of anilines is 2. The molecule has 0 fully saturated rings. The highest BCUT2D eigenvalue weighted by atomic mass is 32.2. The molecule has 0 saturated carbocycles. The number of nitrogens with zero attached hydrogens (tertiary/aromatic N) is 2. The zero-order chi connectivity index (χ0) is 12.4. The predicted molar refractivity (Wildman–Crippen MR) is 74.7 cm³/mol. The van der Waals surface area contributed by atoms with Crippen molar-refractivity contribution in [3.05, 3.63) is 35.7 Å². The fraction of sp³-hybridized carbons (Fsp3) is 0.308. The number of fused-ring (bicyclic) bond motifs is 1. The van der Waals surface area contributed by atoms with Crippen molar-refractivity contribution in [2.45, 2.75) is 0 Å². The largest absolute Gasteiger partial charge is 0.371 e. The highest BCUT2D eigenvalue weighted by molar-refractivity contribution is 8.03. The van der Waals surface area contributed by atoms with E-state index in [1.54, 1.807) is 0 Å². The summed E-state index contributed by atoms with van der Waals surface area (Å²) in [6.07, 6.45) is 1.88. The van der Waals surface area contributed by atoms with E-state index in [1.807, 2.05) is 42.5 Å². The molecule has 0 spiro atoms. The lowest BCUT2D eigenvalue weighted by molar-refractivity contribution is -0.114. The molecule has 1 aromatic rings. The van der Waals surface area contributed by atoms with Gasteiger partial charge in [-0.15, -0.1) is 11.8 Å². The summed E-state index contributed by atoms with van der Waals surface area (Å²) in [5.74, 6) is 0.0121. The third-order valence-electron chi connectivity index (χ3n) is 2.97. The van der Waals surface area contributed by atoms with Crippen LogP contribution in [0.2, 0.25) is 0 Å². The molecular weight excluding hydrogens is 232 g/mol. The van der Waals surface area contributed by atoms with E-state index in [2.05, 4.69) is 11.5 Å². The fourth-order valence-electron chi connectivity index (χ4n) is 1.95. The Kier molecular flexibility index (Phi) is 3.43. The van der Waals surface area contributed by atoms with E-state index in [9.17, 15) is 4.79 Å². The van der Waals surface area contributed by atoms with Crippen molar-refractivity contribution in [2.24, 2.45) is 0 Å². The van der Waals surface area contributed by atoms with Gasteiger partial charge in [-0.2, -0.15) is 0 Å². The smallest absolute Gasteiger partial charge is 0.264 e. The van der Waals surface area contributed by atoms with Crippen LogP contribution in [-0.4, -0.2) is 32.3 Å². The molecule has 3 nitrogen and oxygen atoms in total. The summed E-state index contributed by atoms with van der Waals surface area (Å²) < 4.78 is 0. The van der Waals surface area contributed by atoms with E-state index in [4.69, 9.17) is 0 Å². The van der Waals surface area contributed by atoms with Crippen LogP contribution in [0.15, 0.2) is 35.7 Å². The number of carbonyl (C=O) groups is 1. The molecule has 1 aromatic carbocycles. The Bertz CT molecular complexity index is 458. The predicted octanol–water partition coefficient (Wildman–Crippen LogP) is 2.35. The van der Waals surface area contributed by atoms with Crippen molar-refractivity contribution in [2.75, 3.05) is 36.2 Å². The fourth-order valence-corrected chi connectivity index (χ4v) is 2.24. The summed E-state index contributed by atoms with van der Waals surface area (Å²) in [6, 6.07) is 7.97. The molecule has 0 aliphatic carbocycles. The van der Waals surface area contributed by atoms with Crippen molar-refractivity contribution >= 4 is 29.0 Å². The lowest BCUT2D eigenvalue weighted by atomic mass is 10.1. The number of hydrogen-bond acceptors (Lipinski definition) is 3. The molecule has 0 unspecified atom stereocenters. The summed E-state index contributed by atoms with van der Waals surface area (Å²) in [7, 11) is 2.05. The van der Waals surface area contributed by atoms with Crippen molar-refractivity contribution in [3.63, 3.8) is 0 Å². The Balaban J connectivity index is 2.36. The number of para-hydroxylation sites is 2. The van der Waals surface area contributed by atoms with Crippen LogP contribution in [0.3, 0.4) is 0 Å². The Morgan fingerprint density at radius 2 is 1.94 bits per heavy atom. The molecule has 0 atom stereocenters. The second kappa shape index (κ2) is 4.84. The maximum atomic E-state index is 12.2. The lowest BCUT2D eigenvalue weighted by Gasteiger charge is -2.35. The van der Waals surface area contributed by atoms with Crippen LogP contribution in [0.25, 0.3) is 0 Å². The zero-order valence-corrected chi connectivity index (χ0v) is 11.0. The van der Waals surface area contributed by atoms with Crippen LogP contribution in [0.5, 0.6) is 0 Å². The minimum atomic E-state index is 0.0121. The molecular formula is C13H16N2OS. The molecule has 4 heteroatoms. The molecule has 0 radical (unpaired) electrons. The lowest BCUT2D eigenvalue weighted by Crippen LogP contribution is -2.42. The summed E-state index contributed by atoms with van der Waals surface area (Å²) in [6.45, 7) is 5.36. The maximum Gasteiger partial charge on any atom is 0.264 e. The Morgan fingerprint density at radius 3 is 2.59 bits per heavy atom. The molecule has 0 aromatic heterocycles. The van der Waals surface area contributed by atoms with Gasteiger partial charge in [-0.25, -0.2) is 0 Å². The van der Waals surface area contributed by atoms with Crippen LogP contribution in [-0.2, 0) is 4.79 Å². The highest BCUT2D eigenvalue weighted by Gasteiger charge is 2.25. The second-order valence-corrected chi connectivity index (χ2v) is 4.90. The molecule has 17 heavy (non-hydrogen) atoms. The van der Waals surface area contributed by atoms with Crippen molar-refractivity contribution in [1.29, 1.82) is 0 Å². The average molecular weight is 248 g/mol. The van der Waals surface area contributed by atoms with Crippen LogP contribution >= 0.6 is 11.8 Å². The Labute approximate surface area is 106 Å². The van der Waals surface area contributed by atoms with Crippen molar-refractivity contribution < 1.29 is 4.79 Å². The van der Waals surface area contributed by atoms with Crippen molar-refractivity contribution in [1.82, 2.24) is 0 Å². The summed E-state index contributed by atoms with van der Waals surface area (Å²) in [5, 5.41) is 0. The molecule has 1 aliphatic rings. The molecule has 1 aliphatic heterocycles. The molecule has 1 amide bonds. The molecule has 0 N–H and O–H groups in total. The standard InChI is InChI=1S/C13H16N2OS/c1-10(17-3)13(16)15-9-8-14(2)11-6-4-5-7-12(11)15/h4-7H,1,8-9H2,2-3H3. The van der Waals surface area contributed by atoms with Crippen LogP contribution in [0.1, 0.15) is 0 Å². The van der Waals surface area contributed by atoms with E-state index < -0.39 is 0 Å². The first-order chi connectivity index (χ1) is 8.15. The van der Waals surface area contributed by atoms with E-state index >= 15 is 0 Å². The molecule has 0 bridgehead atoms. The minimum absolute atomic E-state index is 0.0121. The second-order valence-electron chi connectivity index (χ2n) is 3.99. The van der Waals surface area contributed by atoms with Gasteiger partial charge in [-0.05, 0) is 18.4 Å². The van der Waals surface area contributed by atoms with E-state index in [0.717, 1.165) is 17.9 Å². The number of rotatable bonds is 2. The topological polar surface area (TPSA) is 23.6 Å². The van der Waals surface area contributed by atoms with Gasteiger partial charge < -0.3 is 9.80 Å². The van der Waals surface area contributed by atoms with Gasteiger partial charge in [0.05, 0.1) is 16.3 Å². The van der Waals surface area contributed by atoms with Gasteiger partial charge in [0.25, 0.3) is 5.91 Å². The van der Waals surface area contributed by atoms with Gasteiger partial charge in [-0.3, -0.25) is 4.79 Å². The van der Waals surface area contributed by atoms with E-state index in [0.29, 0.717) is 11.4 Å². The third kappa shape index (κ3) is 2.17. The van der Waals surface area contributed by atoms with Gasteiger partial charge in [-0.1, -0.05) is 18.7 Å². The summed E-state index contributed by atoms with van der Waals surface area (Å²) in [5.41, 5.74) is 2.07. The minimum Gasteiger partial charge on any atom is -0.371 e. The highest BCUT2D eigenvalue weighted by Crippen LogP contribution is 2.33. The number of amides is 1. The Morgan fingerprint density at radius 1 is 1.29 bits per heavy atom. The number of carbonyl (C=O) groups excluding carboxylic acids is 1. The first kappa shape index (κ1) is 12.0. The van der Waals surface area contributed by atoms with Gasteiger partial charge in [0.15, 0.2) is 0 Å².